The monoisotopic (exact) mass is 379 g/mol. The number of carbonyl (C=O) groups is 1. The smallest absolute Gasteiger partial charge is 0.226 e. The molecule has 28 heavy (non-hydrogen) atoms. The van der Waals surface area contributed by atoms with E-state index >= 15 is 0 Å². The van der Waals surface area contributed by atoms with Gasteiger partial charge in [-0.15, -0.1) is 0 Å². The molecule has 2 aromatic carbocycles. The zero-order chi connectivity index (χ0) is 19.3. The lowest BCUT2D eigenvalue weighted by Gasteiger charge is -2.25. The van der Waals surface area contributed by atoms with Crippen molar-refractivity contribution in [1.82, 2.24) is 15.1 Å². The van der Waals surface area contributed by atoms with Crippen molar-refractivity contribution in [3.63, 3.8) is 0 Å². The Balaban J connectivity index is 1.44. The number of likely N-dealkylation sites (tertiary alicyclic amines) is 1. The van der Waals surface area contributed by atoms with E-state index < -0.39 is 0 Å². The lowest BCUT2D eigenvalue weighted by atomic mass is 10.0. The van der Waals surface area contributed by atoms with Gasteiger partial charge in [-0.05, 0) is 42.7 Å². The summed E-state index contributed by atoms with van der Waals surface area (Å²) in [6, 6.07) is 15.8. The predicted molar refractivity (Wildman–Crippen MR) is 104 cm³/mol. The van der Waals surface area contributed by atoms with E-state index in [1.165, 1.54) is 12.1 Å². The fraction of sp³-hybridized carbons (Fsp3) is 0.273. The topological polar surface area (TPSA) is 58.2 Å². The maximum Gasteiger partial charge on any atom is 0.226 e. The fourth-order valence-electron chi connectivity index (χ4n) is 3.69. The summed E-state index contributed by atoms with van der Waals surface area (Å²) in [5.41, 5.74) is 2.70. The van der Waals surface area contributed by atoms with Crippen LogP contribution < -0.4 is 4.74 Å². The SMILES string of the molecule is O=C(CCOc1ccccc1)N1CCC[C@@H]1c1[nH]ncc1-c1ccc(F)cc1. The molecule has 3 aromatic rings. The first-order chi connectivity index (χ1) is 13.7. The normalized spacial score (nSPS) is 16.3. The van der Waals surface area contributed by atoms with Gasteiger partial charge in [0.2, 0.25) is 5.91 Å². The molecule has 0 bridgehead atoms. The highest BCUT2D eigenvalue weighted by Crippen LogP contribution is 2.36. The predicted octanol–water partition coefficient (Wildman–Crippen LogP) is 4.35. The maximum absolute atomic E-state index is 13.3. The summed E-state index contributed by atoms with van der Waals surface area (Å²) < 4.78 is 18.9. The molecular weight excluding hydrogens is 357 g/mol. The number of aromatic amines is 1. The number of nitrogens with one attached hydrogen (secondary N) is 1. The van der Waals surface area contributed by atoms with Crippen LogP contribution in [0.15, 0.2) is 60.8 Å². The Kier molecular flexibility index (Phi) is 5.37. The first-order valence-electron chi connectivity index (χ1n) is 9.49. The van der Waals surface area contributed by atoms with Crippen LogP contribution in [-0.4, -0.2) is 34.2 Å². The summed E-state index contributed by atoms with van der Waals surface area (Å²) in [7, 11) is 0. The van der Waals surface area contributed by atoms with Gasteiger partial charge in [-0.25, -0.2) is 4.39 Å². The van der Waals surface area contributed by atoms with Crippen LogP contribution in [0.25, 0.3) is 11.1 Å². The number of amides is 1. The van der Waals surface area contributed by atoms with Gasteiger partial charge in [-0.3, -0.25) is 9.89 Å². The van der Waals surface area contributed by atoms with E-state index in [4.69, 9.17) is 4.74 Å². The van der Waals surface area contributed by atoms with E-state index in [1.807, 2.05) is 35.2 Å². The number of rotatable bonds is 6. The second kappa shape index (κ2) is 8.25. The highest BCUT2D eigenvalue weighted by Gasteiger charge is 2.32. The molecule has 0 radical (unpaired) electrons. The number of benzene rings is 2. The van der Waals surface area contributed by atoms with Crippen LogP contribution in [0.1, 0.15) is 31.0 Å². The van der Waals surface area contributed by atoms with Crippen molar-refractivity contribution >= 4 is 5.91 Å². The zero-order valence-electron chi connectivity index (χ0n) is 15.5. The second-order valence-electron chi connectivity index (χ2n) is 6.86. The van der Waals surface area contributed by atoms with E-state index in [0.717, 1.165) is 42.0 Å². The van der Waals surface area contributed by atoms with Crippen molar-refractivity contribution in [2.24, 2.45) is 0 Å². The summed E-state index contributed by atoms with van der Waals surface area (Å²) in [5, 5.41) is 7.24. The van der Waals surface area contributed by atoms with Crippen molar-refractivity contribution in [2.45, 2.75) is 25.3 Å². The van der Waals surface area contributed by atoms with Crippen LogP contribution in [0, 0.1) is 5.82 Å². The van der Waals surface area contributed by atoms with Gasteiger partial charge in [0.1, 0.15) is 11.6 Å². The Morgan fingerprint density at radius 2 is 1.96 bits per heavy atom. The first kappa shape index (κ1) is 18.2. The zero-order valence-corrected chi connectivity index (χ0v) is 15.5. The van der Waals surface area contributed by atoms with Crippen LogP contribution in [0.4, 0.5) is 4.39 Å². The third-order valence-corrected chi connectivity index (χ3v) is 5.06. The molecule has 1 atom stereocenters. The molecule has 1 aliphatic rings. The molecule has 4 rings (SSSR count). The van der Waals surface area contributed by atoms with Gasteiger partial charge in [0.15, 0.2) is 0 Å². The average Bonchev–Trinajstić information content (AvgIpc) is 3.38. The van der Waals surface area contributed by atoms with Crippen molar-refractivity contribution < 1.29 is 13.9 Å². The van der Waals surface area contributed by atoms with Crippen molar-refractivity contribution in [1.29, 1.82) is 0 Å². The number of carbonyl (C=O) groups excluding carboxylic acids is 1. The van der Waals surface area contributed by atoms with Crippen LogP contribution in [0.3, 0.4) is 0 Å². The molecule has 0 saturated carbocycles. The average molecular weight is 379 g/mol. The van der Waals surface area contributed by atoms with Gasteiger partial charge in [0, 0.05) is 12.1 Å². The fourth-order valence-corrected chi connectivity index (χ4v) is 3.69. The second-order valence-corrected chi connectivity index (χ2v) is 6.86. The molecule has 1 aromatic heterocycles. The molecule has 144 valence electrons. The van der Waals surface area contributed by atoms with E-state index in [1.54, 1.807) is 18.3 Å². The maximum atomic E-state index is 13.3. The molecule has 0 aliphatic carbocycles. The Bertz CT molecular complexity index is 924. The molecular formula is C22H22FN3O2. The number of halogens is 1. The van der Waals surface area contributed by atoms with Gasteiger partial charge >= 0.3 is 0 Å². The van der Waals surface area contributed by atoms with E-state index in [9.17, 15) is 9.18 Å². The van der Waals surface area contributed by atoms with Gasteiger partial charge in [-0.1, -0.05) is 30.3 Å². The van der Waals surface area contributed by atoms with Gasteiger partial charge in [0.25, 0.3) is 0 Å². The van der Waals surface area contributed by atoms with E-state index in [0.29, 0.717) is 13.0 Å². The Morgan fingerprint density at radius 1 is 1.18 bits per heavy atom. The largest absolute Gasteiger partial charge is 0.493 e. The van der Waals surface area contributed by atoms with Gasteiger partial charge < -0.3 is 9.64 Å². The van der Waals surface area contributed by atoms with Gasteiger partial charge in [-0.2, -0.15) is 5.10 Å². The molecule has 0 spiro atoms. The number of ether oxygens (including phenoxy) is 1. The number of para-hydroxylation sites is 1. The molecule has 0 unspecified atom stereocenters. The highest BCUT2D eigenvalue weighted by molar-refractivity contribution is 5.78. The molecule has 1 amide bonds. The van der Waals surface area contributed by atoms with Gasteiger partial charge in [0.05, 0.1) is 31.0 Å². The van der Waals surface area contributed by atoms with E-state index in [2.05, 4.69) is 10.2 Å². The Morgan fingerprint density at radius 3 is 2.75 bits per heavy atom. The van der Waals surface area contributed by atoms with E-state index in [-0.39, 0.29) is 17.8 Å². The molecule has 1 saturated heterocycles. The van der Waals surface area contributed by atoms with Crippen LogP contribution in [-0.2, 0) is 4.79 Å². The van der Waals surface area contributed by atoms with Crippen LogP contribution in [0.2, 0.25) is 0 Å². The molecule has 6 heteroatoms. The standard InChI is InChI=1S/C22H22FN3O2/c23-17-10-8-16(9-11-17)19-15-24-25-22(19)20-7-4-13-26(20)21(27)12-14-28-18-5-2-1-3-6-18/h1-3,5-6,8-11,15,20H,4,7,12-14H2,(H,24,25)/t20-/m1/s1. The number of nitrogens with zero attached hydrogens (tertiary/aromatic N) is 2. The minimum Gasteiger partial charge on any atom is -0.493 e. The summed E-state index contributed by atoms with van der Waals surface area (Å²) >= 11 is 0. The Hall–Kier alpha value is -3.15. The molecule has 1 fully saturated rings. The minimum absolute atomic E-state index is 0.0493. The number of aromatic nitrogens is 2. The summed E-state index contributed by atoms with van der Waals surface area (Å²) in [4.78, 5) is 14.7. The Labute approximate surface area is 163 Å². The first-order valence-corrected chi connectivity index (χ1v) is 9.49. The third kappa shape index (κ3) is 3.91. The van der Waals surface area contributed by atoms with Crippen molar-refractivity contribution in [3.05, 3.63) is 72.3 Å². The number of H-pyrrole nitrogens is 1. The summed E-state index contributed by atoms with van der Waals surface area (Å²) in [6.07, 6.45) is 3.88. The summed E-state index contributed by atoms with van der Waals surface area (Å²) in [5.74, 6) is 0.559. The lowest BCUT2D eigenvalue weighted by Crippen LogP contribution is -2.32. The highest BCUT2D eigenvalue weighted by atomic mass is 19.1. The molecule has 1 aliphatic heterocycles. The third-order valence-electron chi connectivity index (χ3n) is 5.06. The molecule has 2 heterocycles. The van der Waals surface area contributed by atoms with Crippen LogP contribution >= 0.6 is 0 Å². The quantitative estimate of drug-likeness (QED) is 0.693. The van der Waals surface area contributed by atoms with Crippen LogP contribution in [0.5, 0.6) is 5.75 Å². The molecule has 1 N–H and O–H groups in total. The van der Waals surface area contributed by atoms with Crippen molar-refractivity contribution in [2.75, 3.05) is 13.2 Å². The number of hydrogen-bond donors (Lipinski definition) is 1. The minimum atomic E-state index is -0.273. The summed E-state index contributed by atoms with van der Waals surface area (Å²) in [6.45, 7) is 1.07. The number of hydrogen-bond acceptors (Lipinski definition) is 3. The lowest BCUT2D eigenvalue weighted by molar-refractivity contribution is -0.132. The molecule has 5 nitrogen and oxygen atoms in total. The van der Waals surface area contributed by atoms with Crippen molar-refractivity contribution in [3.8, 4) is 16.9 Å².